The van der Waals surface area contributed by atoms with Crippen LogP contribution in [0.25, 0.3) is 0 Å². The number of aryl methyl sites for hydroxylation is 3. The molecule has 0 atom stereocenters. The molecule has 0 radical (unpaired) electrons. The summed E-state index contributed by atoms with van der Waals surface area (Å²) in [6.45, 7) is 0. The van der Waals surface area contributed by atoms with Crippen LogP contribution in [0.1, 0.15) is 23.2 Å². The van der Waals surface area contributed by atoms with Crippen molar-refractivity contribution in [1.82, 2.24) is 19.7 Å². The largest absolute Gasteiger partial charge is 0.403 e. The molecule has 0 aliphatic heterocycles. The van der Waals surface area contributed by atoms with Crippen LogP contribution in [0.3, 0.4) is 0 Å². The van der Waals surface area contributed by atoms with E-state index in [0.717, 1.165) is 30.5 Å². The molecule has 1 aliphatic rings. The summed E-state index contributed by atoms with van der Waals surface area (Å²) < 4.78 is 7.08. The van der Waals surface area contributed by atoms with Gasteiger partial charge in [-0.05, 0) is 30.9 Å². The third-order valence-corrected chi connectivity index (χ3v) is 3.07. The van der Waals surface area contributed by atoms with Crippen molar-refractivity contribution in [3.63, 3.8) is 0 Å². The fraction of sp³-hybridized carbons (Fsp3) is 0.333. The fourth-order valence-corrected chi connectivity index (χ4v) is 2.18. The molecule has 2 aromatic rings. The maximum absolute atomic E-state index is 7.62. The second-order valence-electron chi connectivity index (χ2n) is 4.52. The van der Waals surface area contributed by atoms with Crippen LogP contribution >= 0.6 is 0 Å². The Morgan fingerprint density at radius 1 is 1.47 bits per heavy atom. The maximum atomic E-state index is 7.62. The van der Waals surface area contributed by atoms with E-state index >= 15 is 0 Å². The highest BCUT2D eigenvalue weighted by atomic mass is 16.5. The molecule has 3 rings (SSSR count). The van der Waals surface area contributed by atoms with Gasteiger partial charge >= 0.3 is 6.01 Å². The first-order chi connectivity index (χ1) is 9.13. The molecule has 0 spiro atoms. The fourth-order valence-electron chi connectivity index (χ4n) is 2.18. The summed E-state index contributed by atoms with van der Waals surface area (Å²) in [6.07, 6.45) is 4.52. The smallest absolute Gasteiger partial charge is 0.342 e. The molecule has 0 fully saturated rings. The highest BCUT2D eigenvalue weighted by molar-refractivity contribution is 5.97. The standard InChI is InChI=1S/C12H14N6O/c1-18-6-15-12(17-18)19-11-8(10(13)14)5-7-3-2-4-9(7)16-11/h5-6H,2-4H2,1H3,(H3,13,14). The van der Waals surface area contributed by atoms with Crippen molar-refractivity contribution in [3.8, 4) is 11.9 Å². The average Bonchev–Trinajstić information content (AvgIpc) is 2.96. The van der Waals surface area contributed by atoms with Crippen LogP contribution in [0.2, 0.25) is 0 Å². The number of nitrogen functional groups attached to an aromatic ring is 1. The molecule has 19 heavy (non-hydrogen) atoms. The van der Waals surface area contributed by atoms with Gasteiger partial charge in [0.2, 0.25) is 5.88 Å². The minimum absolute atomic E-state index is 0.0619. The zero-order valence-corrected chi connectivity index (χ0v) is 10.6. The van der Waals surface area contributed by atoms with Crippen LogP contribution in [0.5, 0.6) is 11.9 Å². The Hall–Kier alpha value is -2.44. The van der Waals surface area contributed by atoms with E-state index in [-0.39, 0.29) is 11.8 Å². The topological polar surface area (TPSA) is 103 Å². The molecule has 0 aromatic carbocycles. The molecule has 0 unspecified atom stereocenters. The Morgan fingerprint density at radius 2 is 2.32 bits per heavy atom. The minimum atomic E-state index is -0.0619. The molecule has 3 N–H and O–H groups in total. The molecule has 7 nitrogen and oxygen atoms in total. The molecule has 0 bridgehead atoms. The van der Waals surface area contributed by atoms with Crippen molar-refractivity contribution >= 4 is 5.84 Å². The molecule has 0 amide bonds. The number of rotatable bonds is 3. The van der Waals surface area contributed by atoms with E-state index in [1.54, 1.807) is 7.05 Å². The molecule has 1 aliphatic carbocycles. The SMILES string of the molecule is Cn1cnc(Oc2nc3c(cc2C(=N)N)CCC3)n1. The van der Waals surface area contributed by atoms with Gasteiger partial charge in [0.05, 0.1) is 5.56 Å². The van der Waals surface area contributed by atoms with Gasteiger partial charge in [0.25, 0.3) is 0 Å². The van der Waals surface area contributed by atoms with E-state index in [4.69, 9.17) is 15.9 Å². The Labute approximate surface area is 109 Å². The van der Waals surface area contributed by atoms with Gasteiger partial charge < -0.3 is 10.5 Å². The maximum Gasteiger partial charge on any atom is 0.342 e. The van der Waals surface area contributed by atoms with Gasteiger partial charge in [0.15, 0.2) is 0 Å². The third kappa shape index (κ3) is 2.14. The third-order valence-electron chi connectivity index (χ3n) is 3.07. The Morgan fingerprint density at radius 3 is 3.00 bits per heavy atom. The zero-order valence-electron chi connectivity index (χ0n) is 10.6. The van der Waals surface area contributed by atoms with Crippen molar-refractivity contribution in [2.24, 2.45) is 12.8 Å². The van der Waals surface area contributed by atoms with Gasteiger partial charge in [0.1, 0.15) is 12.2 Å². The number of nitrogens with zero attached hydrogens (tertiary/aromatic N) is 4. The molecular formula is C12H14N6O. The van der Waals surface area contributed by atoms with E-state index in [1.165, 1.54) is 11.0 Å². The zero-order chi connectivity index (χ0) is 13.4. The molecular weight excluding hydrogens is 244 g/mol. The number of amidine groups is 1. The van der Waals surface area contributed by atoms with Crippen LogP contribution in [-0.4, -0.2) is 25.6 Å². The number of aromatic nitrogens is 4. The predicted octanol–water partition coefficient (Wildman–Crippen LogP) is 0.775. The summed E-state index contributed by atoms with van der Waals surface area (Å²) >= 11 is 0. The number of hydrogen-bond acceptors (Lipinski definition) is 5. The summed E-state index contributed by atoms with van der Waals surface area (Å²) in [5.74, 6) is 0.243. The monoisotopic (exact) mass is 258 g/mol. The molecule has 2 aromatic heterocycles. The summed E-state index contributed by atoms with van der Waals surface area (Å²) in [4.78, 5) is 8.43. The van der Waals surface area contributed by atoms with Crippen LogP contribution in [0.15, 0.2) is 12.4 Å². The number of hydrogen-bond donors (Lipinski definition) is 2. The van der Waals surface area contributed by atoms with E-state index < -0.39 is 0 Å². The second kappa shape index (κ2) is 4.34. The lowest BCUT2D eigenvalue weighted by molar-refractivity contribution is 0.420. The molecule has 0 saturated carbocycles. The van der Waals surface area contributed by atoms with Gasteiger partial charge in [-0.1, -0.05) is 0 Å². The van der Waals surface area contributed by atoms with Gasteiger partial charge in [-0.15, -0.1) is 5.10 Å². The van der Waals surface area contributed by atoms with Crippen molar-refractivity contribution in [2.75, 3.05) is 0 Å². The van der Waals surface area contributed by atoms with Crippen LogP contribution < -0.4 is 10.5 Å². The highest BCUT2D eigenvalue weighted by Crippen LogP contribution is 2.28. The van der Waals surface area contributed by atoms with Crippen molar-refractivity contribution < 1.29 is 4.74 Å². The van der Waals surface area contributed by atoms with Crippen LogP contribution in [0.4, 0.5) is 0 Å². The van der Waals surface area contributed by atoms with Crippen LogP contribution in [0, 0.1) is 5.41 Å². The lowest BCUT2D eigenvalue weighted by atomic mass is 10.1. The molecule has 7 heteroatoms. The summed E-state index contributed by atoms with van der Waals surface area (Å²) in [5, 5.41) is 11.7. The number of nitrogens with two attached hydrogens (primary N) is 1. The first-order valence-corrected chi connectivity index (χ1v) is 6.04. The quantitative estimate of drug-likeness (QED) is 0.625. The average molecular weight is 258 g/mol. The second-order valence-corrected chi connectivity index (χ2v) is 4.52. The van der Waals surface area contributed by atoms with E-state index in [2.05, 4.69) is 15.1 Å². The summed E-state index contributed by atoms with van der Waals surface area (Å²) in [6, 6.07) is 2.09. The van der Waals surface area contributed by atoms with E-state index in [0.29, 0.717) is 11.4 Å². The number of ether oxygens (including phenoxy) is 1. The van der Waals surface area contributed by atoms with Crippen molar-refractivity contribution in [3.05, 3.63) is 29.2 Å². The highest BCUT2D eigenvalue weighted by Gasteiger charge is 2.19. The molecule has 98 valence electrons. The van der Waals surface area contributed by atoms with Crippen molar-refractivity contribution in [1.29, 1.82) is 5.41 Å². The van der Waals surface area contributed by atoms with Crippen molar-refractivity contribution in [2.45, 2.75) is 19.3 Å². The predicted molar refractivity (Wildman–Crippen MR) is 68.4 cm³/mol. The van der Waals surface area contributed by atoms with E-state index in [1.807, 2.05) is 6.07 Å². The first kappa shape index (κ1) is 11.6. The molecule has 0 saturated heterocycles. The van der Waals surface area contributed by atoms with Gasteiger partial charge in [-0.25, -0.2) is 4.98 Å². The minimum Gasteiger partial charge on any atom is -0.403 e. The van der Waals surface area contributed by atoms with Gasteiger partial charge in [-0.2, -0.15) is 4.98 Å². The van der Waals surface area contributed by atoms with Crippen LogP contribution in [-0.2, 0) is 19.9 Å². The number of nitrogens with one attached hydrogen (secondary N) is 1. The number of pyridine rings is 1. The Bertz CT molecular complexity index is 648. The van der Waals surface area contributed by atoms with E-state index in [9.17, 15) is 0 Å². The Balaban J connectivity index is 2.01. The lowest BCUT2D eigenvalue weighted by Gasteiger charge is -2.09. The normalized spacial score (nSPS) is 13.3. The van der Waals surface area contributed by atoms with Gasteiger partial charge in [0, 0.05) is 12.7 Å². The number of fused-ring (bicyclic) bond motifs is 1. The lowest BCUT2D eigenvalue weighted by Crippen LogP contribution is -2.14. The molecule has 2 heterocycles. The summed E-state index contributed by atoms with van der Waals surface area (Å²) in [7, 11) is 1.75. The first-order valence-electron chi connectivity index (χ1n) is 6.04. The summed E-state index contributed by atoms with van der Waals surface area (Å²) in [5.41, 5.74) is 8.23. The van der Waals surface area contributed by atoms with Gasteiger partial charge in [-0.3, -0.25) is 10.1 Å². The Kier molecular flexibility index (Phi) is 2.66.